The number of nitrogens with one attached hydrogen (secondary N) is 2. The second-order valence-electron chi connectivity index (χ2n) is 4.54. The largest absolute Gasteiger partial charge is 0.384 e. The molecule has 0 fully saturated rings. The third-order valence-corrected chi connectivity index (χ3v) is 3.55. The quantitative estimate of drug-likeness (QED) is 0.758. The highest BCUT2D eigenvalue weighted by molar-refractivity contribution is 7.08. The van der Waals surface area contributed by atoms with Crippen molar-refractivity contribution in [1.82, 2.24) is 15.1 Å². The smallest absolute Gasteiger partial charge is 0.269 e. The van der Waals surface area contributed by atoms with Crippen LogP contribution in [0.15, 0.2) is 27.7 Å². The van der Waals surface area contributed by atoms with Gasteiger partial charge in [0.1, 0.15) is 11.3 Å². The summed E-state index contributed by atoms with van der Waals surface area (Å²) in [5.74, 6) is -0.423. The molecule has 1 amide bonds. The molecule has 2 heterocycles. The van der Waals surface area contributed by atoms with Gasteiger partial charge in [-0.15, -0.1) is 0 Å². The molecule has 0 aromatic carbocycles. The van der Waals surface area contributed by atoms with Crippen molar-refractivity contribution in [3.8, 4) is 0 Å². The number of aryl methyl sites for hydroxylation is 1. The van der Waals surface area contributed by atoms with Gasteiger partial charge in [0, 0.05) is 13.1 Å². The number of aromatic nitrogens is 2. The van der Waals surface area contributed by atoms with Crippen LogP contribution in [-0.2, 0) is 12.6 Å². The number of aliphatic hydroxyl groups is 1. The highest BCUT2D eigenvalue weighted by Crippen LogP contribution is 2.21. The van der Waals surface area contributed by atoms with Crippen LogP contribution >= 0.6 is 11.3 Å². The Morgan fingerprint density at radius 1 is 1.63 bits per heavy atom. The molecule has 1 unspecified atom stereocenters. The van der Waals surface area contributed by atoms with Gasteiger partial charge in [0.05, 0.1) is 6.54 Å². The van der Waals surface area contributed by atoms with Gasteiger partial charge in [-0.3, -0.25) is 19.4 Å². The number of hydrogen-bond acceptors (Lipinski definition) is 4. The van der Waals surface area contributed by atoms with Crippen LogP contribution in [0.2, 0.25) is 0 Å². The molecular weight excluding hydrogens is 266 g/mol. The van der Waals surface area contributed by atoms with E-state index in [0.717, 1.165) is 5.56 Å². The van der Waals surface area contributed by atoms with Crippen molar-refractivity contribution in [2.24, 2.45) is 7.05 Å². The molecule has 0 spiro atoms. The van der Waals surface area contributed by atoms with Crippen LogP contribution in [-0.4, -0.2) is 27.3 Å². The molecule has 0 bridgehead atoms. The van der Waals surface area contributed by atoms with Gasteiger partial charge >= 0.3 is 0 Å². The van der Waals surface area contributed by atoms with Gasteiger partial charge in [0.15, 0.2) is 0 Å². The Morgan fingerprint density at radius 3 is 2.89 bits per heavy atom. The molecule has 0 aliphatic carbocycles. The van der Waals surface area contributed by atoms with Crippen molar-refractivity contribution in [3.63, 3.8) is 0 Å². The molecule has 6 nitrogen and oxygen atoms in total. The average Bonchev–Trinajstić information content (AvgIpc) is 2.98. The van der Waals surface area contributed by atoms with Gasteiger partial charge in [-0.1, -0.05) is 0 Å². The molecular formula is C12H15N3O3S. The maximum absolute atomic E-state index is 11.8. The van der Waals surface area contributed by atoms with Crippen molar-refractivity contribution in [2.75, 3.05) is 6.54 Å². The standard InChI is InChI=1S/C12H15N3O3S/c1-12(18,8-3-4-19-6-8)7-13-11(17)9-5-10(16)15(2)14-9/h3-6,14,18H,7H2,1-2H3,(H,13,17). The van der Waals surface area contributed by atoms with Crippen LogP contribution in [0.5, 0.6) is 0 Å². The van der Waals surface area contributed by atoms with E-state index in [4.69, 9.17) is 0 Å². The van der Waals surface area contributed by atoms with Crippen LogP contribution < -0.4 is 10.9 Å². The van der Waals surface area contributed by atoms with Crippen LogP contribution in [0.3, 0.4) is 0 Å². The van der Waals surface area contributed by atoms with Crippen LogP contribution in [0.25, 0.3) is 0 Å². The first kappa shape index (κ1) is 13.6. The van der Waals surface area contributed by atoms with Crippen molar-refractivity contribution in [2.45, 2.75) is 12.5 Å². The molecule has 0 aliphatic heterocycles. The molecule has 0 aliphatic rings. The van der Waals surface area contributed by atoms with Crippen molar-refractivity contribution in [3.05, 3.63) is 44.5 Å². The maximum atomic E-state index is 11.8. The minimum absolute atomic E-state index is 0.0689. The summed E-state index contributed by atoms with van der Waals surface area (Å²) in [7, 11) is 1.53. The summed E-state index contributed by atoms with van der Waals surface area (Å²) in [6.45, 7) is 1.70. The fourth-order valence-electron chi connectivity index (χ4n) is 1.63. The second kappa shape index (κ2) is 5.02. The lowest BCUT2D eigenvalue weighted by molar-refractivity contribution is 0.0528. The third-order valence-electron chi connectivity index (χ3n) is 2.87. The lowest BCUT2D eigenvalue weighted by Gasteiger charge is -2.22. The van der Waals surface area contributed by atoms with Gasteiger partial charge in [0.2, 0.25) is 0 Å². The molecule has 3 N–H and O–H groups in total. The molecule has 1 atom stereocenters. The molecule has 2 rings (SSSR count). The summed E-state index contributed by atoms with van der Waals surface area (Å²) in [5.41, 5.74) is -0.493. The Bertz CT molecular complexity index is 625. The van der Waals surface area contributed by atoms with Crippen molar-refractivity contribution < 1.29 is 9.90 Å². The number of thiophene rings is 1. The normalized spacial score (nSPS) is 14.1. The molecule has 19 heavy (non-hydrogen) atoms. The maximum Gasteiger partial charge on any atom is 0.269 e. The predicted octanol–water partition coefficient (Wildman–Crippen LogP) is 0.412. The Labute approximate surface area is 113 Å². The van der Waals surface area contributed by atoms with Gasteiger partial charge < -0.3 is 10.4 Å². The number of H-pyrrole nitrogens is 1. The Balaban J connectivity index is 2.03. The summed E-state index contributed by atoms with van der Waals surface area (Å²) >= 11 is 1.48. The highest BCUT2D eigenvalue weighted by atomic mass is 32.1. The summed E-state index contributed by atoms with van der Waals surface area (Å²) in [5, 5.41) is 19.2. The van der Waals surface area contributed by atoms with E-state index in [-0.39, 0.29) is 17.8 Å². The summed E-state index contributed by atoms with van der Waals surface area (Å²) in [6.07, 6.45) is 0. The highest BCUT2D eigenvalue weighted by Gasteiger charge is 2.24. The van der Waals surface area contributed by atoms with Gasteiger partial charge in [-0.05, 0) is 29.3 Å². The van der Waals surface area contributed by atoms with E-state index < -0.39 is 11.5 Å². The van der Waals surface area contributed by atoms with Crippen LogP contribution in [0.4, 0.5) is 0 Å². The molecule has 0 radical (unpaired) electrons. The van der Waals surface area contributed by atoms with E-state index in [9.17, 15) is 14.7 Å². The van der Waals surface area contributed by atoms with Gasteiger partial charge in [-0.25, -0.2) is 0 Å². The van der Waals surface area contributed by atoms with E-state index in [1.54, 1.807) is 13.0 Å². The zero-order valence-electron chi connectivity index (χ0n) is 10.6. The lowest BCUT2D eigenvalue weighted by atomic mass is 9.99. The van der Waals surface area contributed by atoms with E-state index in [0.29, 0.717) is 0 Å². The van der Waals surface area contributed by atoms with Crippen molar-refractivity contribution >= 4 is 17.2 Å². The SMILES string of the molecule is Cn1[nH]c(C(=O)NCC(C)(O)c2ccsc2)cc1=O. The summed E-state index contributed by atoms with van der Waals surface area (Å²) in [4.78, 5) is 23.1. The molecule has 0 saturated carbocycles. The first-order chi connectivity index (χ1) is 8.90. The number of amides is 1. The minimum Gasteiger partial charge on any atom is -0.384 e. The Hall–Kier alpha value is -1.86. The topological polar surface area (TPSA) is 87.1 Å². The van der Waals surface area contributed by atoms with Gasteiger partial charge in [-0.2, -0.15) is 11.3 Å². The monoisotopic (exact) mass is 281 g/mol. The van der Waals surface area contributed by atoms with Crippen LogP contribution in [0, 0.1) is 0 Å². The van der Waals surface area contributed by atoms with E-state index in [2.05, 4.69) is 10.4 Å². The summed E-state index contributed by atoms with van der Waals surface area (Å²) < 4.78 is 1.21. The third kappa shape index (κ3) is 2.94. The number of rotatable bonds is 4. The number of aromatic amines is 1. The average molecular weight is 281 g/mol. The second-order valence-corrected chi connectivity index (χ2v) is 5.32. The number of carbonyl (C=O) groups is 1. The molecule has 7 heteroatoms. The first-order valence-electron chi connectivity index (χ1n) is 5.69. The minimum atomic E-state index is -1.13. The van der Waals surface area contributed by atoms with E-state index in [1.165, 1.54) is 29.1 Å². The fraction of sp³-hybridized carbons (Fsp3) is 0.333. The predicted molar refractivity (Wildman–Crippen MR) is 72.3 cm³/mol. The Kier molecular flexibility index (Phi) is 3.59. The first-order valence-corrected chi connectivity index (χ1v) is 6.64. The number of nitrogens with zero attached hydrogens (tertiary/aromatic N) is 1. The van der Waals surface area contributed by atoms with Crippen molar-refractivity contribution in [1.29, 1.82) is 0 Å². The lowest BCUT2D eigenvalue weighted by Crippen LogP contribution is -2.38. The Morgan fingerprint density at radius 2 is 2.37 bits per heavy atom. The zero-order chi connectivity index (χ0) is 14.0. The zero-order valence-corrected chi connectivity index (χ0v) is 11.5. The molecule has 102 valence electrons. The molecule has 2 aromatic rings. The molecule has 2 aromatic heterocycles. The fourth-order valence-corrected chi connectivity index (χ4v) is 2.41. The summed E-state index contributed by atoms with van der Waals surface area (Å²) in [6, 6.07) is 3.02. The van der Waals surface area contributed by atoms with Gasteiger partial charge in [0.25, 0.3) is 11.5 Å². The number of carbonyl (C=O) groups excluding carboxylic acids is 1. The van der Waals surface area contributed by atoms with E-state index in [1.807, 2.05) is 10.8 Å². The molecule has 0 saturated heterocycles. The number of hydrogen-bond donors (Lipinski definition) is 3. The van der Waals surface area contributed by atoms with E-state index >= 15 is 0 Å². The van der Waals surface area contributed by atoms with Crippen LogP contribution in [0.1, 0.15) is 23.0 Å².